The molecule has 2 aromatic carbocycles. The predicted octanol–water partition coefficient (Wildman–Crippen LogP) is 5.13. The minimum Gasteiger partial charge on any atom is -0.366 e. The molecule has 0 spiro atoms. The molecule has 1 fully saturated rings. The maximum atomic E-state index is 13.7. The Morgan fingerprint density at radius 3 is 2.10 bits per heavy atom. The van der Waals surface area contributed by atoms with Crippen molar-refractivity contribution in [1.29, 1.82) is 0 Å². The van der Waals surface area contributed by atoms with Gasteiger partial charge in [-0.15, -0.1) is 0 Å². The maximum absolute atomic E-state index is 13.7. The summed E-state index contributed by atoms with van der Waals surface area (Å²) in [7, 11) is 0. The zero-order chi connectivity index (χ0) is 22.3. The number of imide groups is 1. The van der Waals surface area contributed by atoms with Crippen molar-refractivity contribution in [3.8, 4) is 0 Å². The van der Waals surface area contributed by atoms with Crippen LogP contribution in [0.3, 0.4) is 0 Å². The first-order chi connectivity index (χ1) is 14.8. The third-order valence-electron chi connectivity index (χ3n) is 6.64. The second-order valence-corrected chi connectivity index (χ2v) is 9.34. The molecule has 2 aliphatic heterocycles. The van der Waals surface area contributed by atoms with Crippen LogP contribution in [0.4, 0.5) is 5.69 Å². The number of likely N-dealkylation sites (tertiary alicyclic amines) is 1. The van der Waals surface area contributed by atoms with E-state index in [0.717, 1.165) is 37.1 Å². The molecular weight excluding hydrogens is 384 g/mol. The third-order valence-corrected chi connectivity index (χ3v) is 6.64. The molecule has 31 heavy (non-hydrogen) atoms. The summed E-state index contributed by atoms with van der Waals surface area (Å²) in [5.41, 5.74) is 6.05. The Labute approximate surface area is 185 Å². The molecule has 0 saturated carbocycles. The lowest BCUT2D eigenvalue weighted by Gasteiger charge is -2.37. The number of anilines is 1. The summed E-state index contributed by atoms with van der Waals surface area (Å²) in [6.07, 6.45) is 2.07. The van der Waals surface area contributed by atoms with Gasteiger partial charge in [-0.05, 0) is 72.9 Å². The second kappa shape index (κ2) is 8.33. The fraction of sp³-hybridized carbons (Fsp3) is 0.407. The van der Waals surface area contributed by atoms with Crippen LogP contribution in [0, 0.1) is 25.7 Å². The van der Waals surface area contributed by atoms with E-state index in [1.165, 1.54) is 16.0 Å². The first-order valence-electron chi connectivity index (χ1n) is 11.3. The highest BCUT2D eigenvalue weighted by molar-refractivity contribution is 6.45. The van der Waals surface area contributed by atoms with Gasteiger partial charge in [0.1, 0.15) is 5.70 Å². The summed E-state index contributed by atoms with van der Waals surface area (Å²) in [5.74, 6) is 0.540. The van der Waals surface area contributed by atoms with Crippen molar-refractivity contribution >= 4 is 23.1 Å². The summed E-state index contributed by atoms with van der Waals surface area (Å²) in [6, 6.07) is 13.8. The van der Waals surface area contributed by atoms with Gasteiger partial charge in [0.05, 0.1) is 11.3 Å². The quantitative estimate of drug-likeness (QED) is 0.649. The monoisotopic (exact) mass is 416 g/mol. The zero-order valence-corrected chi connectivity index (χ0v) is 19.2. The van der Waals surface area contributed by atoms with E-state index in [9.17, 15) is 9.59 Å². The summed E-state index contributed by atoms with van der Waals surface area (Å²) in [5, 5.41) is 0. The fourth-order valence-electron chi connectivity index (χ4n) is 4.93. The highest BCUT2D eigenvalue weighted by Crippen LogP contribution is 2.37. The van der Waals surface area contributed by atoms with Gasteiger partial charge < -0.3 is 4.90 Å². The number of rotatable bonds is 4. The Balaban J connectivity index is 1.83. The van der Waals surface area contributed by atoms with Crippen molar-refractivity contribution in [3.05, 3.63) is 70.4 Å². The SMILES string of the molecule is CCc1ccc(N2C(=O)C(c3ccc(C)c(C)c3)=C(N3CC(C)CC(C)C3)C2=O)cc1. The normalized spacial score (nSPS) is 22.0. The van der Waals surface area contributed by atoms with Crippen LogP contribution in [-0.2, 0) is 16.0 Å². The number of aryl methyl sites for hydroxylation is 3. The Kier molecular flexibility index (Phi) is 5.74. The van der Waals surface area contributed by atoms with Crippen LogP contribution in [0.5, 0.6) is 0 Å². The molecule has 2 unspecified atom stereocenters. The van der Waals surface area contributed by atoms with E-state index in [1.807, 2.05) is 49.4 Å². The van der Waals surface area contributed by atoms with Crippen molar-refractivity contribution < 1.29 is 9.59 Å². The molecule has 0 N–H and O–H groups in total. The molecule has 1 saturated heterocycles. The topological polar surface area (TPSA) is 40.6 Å². The Morgan fingerprint density at radius 1 is 0.871 bits per heavy atom. The van der Waals surface area contributed by atoms with Crippen molar-refractivity contribution in [2.24, 2.45) is 11.8 Å². The molecule has 4 nitrogen and oxygen atoms in total. The van der Waals surface area contributed by atoms with Crippen molar-refractivity contribution in [2.45, 2.75) is 47.5 Å². The molecule has 0 aromatic heterocycles. The Bertz CT molecular complexity index is 1040. The van der Waals surface area contributed by atoms with Gasteiger partial charge in [0.2, 0.25) is 0 Å². The standard InChI is InChI=1S/C27H32N2O2/c1-6-21-8-11-23(12-9-21)29-26(30)24(22-10-7-19(4)20(5)14-22)25(27(29)31)28-15-17(2)13-18(3)16-28/h7-12,14,17-18H,6,13,15-16H2,1-5H3. The van der Waals surface area contributed by atoms with E-state index in [0.29, 0.717) is 28.8 Å². The van der Waals surface area contributed by atoms with Crippen LogP contribution in [0.25, 0.3) is 5.57 Å². The van der Waals surface area contributed by atoms with E-state index in [-0.39, 0.29) is 11.8 Å². The number of hydrogen-bond donors (Lipinski definition) is 0. The van der Waals surface area contributed by atoms with Gasteiger partial charge in [-0.25, -0.2) is 4.90 Å². The minimum atomic E-state index is -0.224. The molecule has 162 valence electrons. The van der Waals surface area contributed by atoms with Gasteiger partial charge >= 0.3 is 0 Å². The largest absolute Gasteiger partial charge is 0.366 e. The number of carbonyl (C=O) groups is 2. The zero-order valence-electron chi connectivity index (χ0n) is 19.2. The van der Waals surface area contributed by atoms with Crippen LogP contribution in [0.1, 0.15) is 49.4 Å². The van der Waals surface area contributed by atoms with E-state index < -0.39 is 0 Å². The molecule has 2 atom stereocenters. The average molecular weight is 417 g/mol. The molecule has 2 heterocycles. The summed E-state index contributed by atoms with van der Waals surface area (Å²) in [6.45, 7) is 12.3. The highest BCUT2D eigenvalue weighted by Gasteiger charge is 2.43. The minimum absolute atomic E-state index is 0.205. The van der Waals surface area contributed by atoms with Gasteiger partial charge in [0.15, 0.2) is 0 Å². The summed E-state index contributed by atoms with van der Waals surface area (Å²) < 4.78 is 0. The van der Waals surface area contributed by atoms with Crippen LogP contribution in [-0.4, -0.2) is 29.8 Å². The van der Waals surface area contributed by atoms with E-state index in [2.05, 4.69) is 32.6 Å². The van der Waals surface area contributed by atoms with Gasteiger partial charge in [-0.3, -0.25) is 9.59 Å². The van der Waals surface area contributed by atoms with Crippen molar-refractivity contribution in [2.75, 3.05) is 18.0 Å². The smallest absolute Gasteiger partial charge is 0.282 e. The van der Waals surface area contributed by atoms with Gasteiger partial charge in [0.25, 0.3) is 11.8 Å². The van der Waals surface area contributed by atoms with Crippen LogP contribution >= 0.6 is 0 Å². The highest BCUT2D eigenvalue weighted by atomic mass is 16.2. The van der Waals surface area contributed by atoms with Crippen LogP contribution in [0.2, 0.25) is 0 Å². The number of amides is 2. The number of carbonyl (C=O) groups excluding carboxylic acids is 2. The molecule has 0 aliphatic carbocycles. The third kappa shape index (κ3) is 3.91. The summed E-state index contributed by atoms with van der Waals surface area (Å²) >= 11 is 0. The first-order valence-corrected chi connectivity index (χ1v) is 11.3. The van der Waals surface area contributed by atoms with Gasteiger partial charge in [-0.1, -0.05) is 51.1 Å². The van der Waals surface area contributed by atoms with E-state index >= 15 is 0 Å². The molecule has 0 radical (unpaired) electrons. The first kappa shape index (κ1) is 21.4. The number of benzene rings is 2. The lowest BCUT2D eigenvalue weighted by atomic mass is 9.90. The predicted molar refractivity (Wildman–Crippen MR) is 126 cm³/mol. The number of piperidine rings is 1. The summed E-state index contributed by atoms with van der Waals surface area (Å²) in [4.78, 5) is 30.9. The maximum Gasteiger partial charge on any atom is 0.282 e. The van der Waals surface area contributed by atoms with Crippen LogP contribution < -0.4 is 4.90 Å². The molecule has 2 aliphatic rings. The van der Waals surface area contributed by atoms with Crippen molar-refractivity contribution in [3.63, 3.8) is 0 Å². The average Bonchev–Trinajstić information content (AvgIpc) is 2.99. The molecule has 2 aromatic rings. The molecular formula is C27H32N2O2. The van der Waals surface area contributed by atoms with E-state index in [4.69, 9.17) is 0 Å². The lowest BCUT2D eigenvalue weighted by Crippen LogP contribution is -2.42. The molecule has 4 rings (SSSR count). The molecule has 4 heteroatoms. The number of nitrogens with zero attached hydrogens (tertiary/aromatic N) is 2. The Hall–Kier alpha value is -2.88. The Morgan fingerprint density at radius 2 is 1.52 bits per heavy atom. The van der Waals surface area contributed by atoms with E-state index in [1.54, 1.807) is 0 Å². The van der Waals surface area contributed by atoms with Crippen molar-refractivity contribution in [1.82, 2.24) is 4.90 Å². The van der Waals surface area contributed by atoms with Crippen LogP contribution in [0.15, 0.2) is 48.2 Å². The molecule has 0 bridgehead atoms. The molecule has 2 amide bonds. The second-order valence-electron chi connectivity index (χ2n) is 9.34. The van der Waals surface area contributed by atoms with Gasteiger partial charge in [-0.2, -0.15) is 0 Å². The number of hydrogen-bond acceptors (Lipinski definition) is 3. The van der Waals surface area contributed by atoms with Gasteiger partial charge in [0, 0.05) is 13.1 Å². The fourth-order valence-corrected chi connectivity index (χ4v) is 4.93. The lowest BCUT2D eigenvalue weighted by molar-refractivity contribution is -0.120.